The molecular formula is C115H89N8O21PSi2. The van der Waals surface area contributed by atoms with Crippen molar-refractivity contribution in [2.24, 2.45) is 5.92 Å². The molecule has 2 aliphatic heterocycles. The number of methoxy groups -OCH3 is 2. The van der Waals surface area contributed by atoms with Crippen molar-refractivity contribution in [2.45, 2.75) is 166 Å². The van der Waals surface area contributed by atoms with Gasteiger partial charge in [0.05, 0.1) is 40.2 Å². The second-order valence-corrected chi connectivity index (χ2v) is 45.0. The summed E-state index contributed by atoms with van der Waals surface area (Å²) in [5, 5.41) is 1.33. The van der Waals surface area contributed by atoms with Crippen LogP contribution < -0.4 is 41.1 Å². The summed E-state index contributed by atoms with van der Waals surface area (Å²) in [6.07, 6.45) is 3.24. The van der Waals surface area contributed by atoms with Crippen molar-refractivity contribution in [1.29, 1.82) is 0 Å². The van der Waals surface area contributed by atoms with Gasteiger partial charge < -0.3 is 56.4 Å². The molecule has 3 unspecified atom stereocenters. The number of phosphoric acid groups is 1. The number of carbonyl (C=O) groups is 4. The summed E-state index contributed by atoms with van der Waals surface area (Å²) < 4.78 is 105. The number of carbonyl (C=O) groups excluding carboxylic acids is 4. The molecule has 0 saturated carbocycles. The maximum atomic E-state index is 16.9. The number of phosphoric ester groups is 1. The standard InChI is InChI=1S/C115H89N8O21PSi2/c1-19-21-23-25-27-29-31-33-35-37-39-41-43-45-47-49-51-53-55-60-77-134-94-80-88(81-95(82-94)135-78-61-56-54-52-50-48-46-44-42-40-38-36-34-32-30-28-26-24-22-20-2)108(129)123-98(125)74-76-121(112(123)130)109-103(143-146(15,16)113(6,7)8)101(141-99(126)73-64-87(5)124)97(140-109)84-138-145(131,137-79-75-116-12)142-102-96(83-136-115(89-62-58-57-59-63-89,90-65-69-92(132-13)70-66-90)91-67-71-93(133-14)72-68-91)139-110(104(102)144-147(17,18)114(9,10)11)122-85-117-100-105(122)118-111(120-107(100)128)119-106(127)86(3)4/h1-2,57-59,62-63,65-72,74,76,80-82,85-86,96-97,101-104,109-110H,64,73,75,79,83-84H2,3-11,13-18H3,(H2,118,119,120,127,128)/t96-,97-,101?,102?,103+,104+,109-,110-,145?/m1/s1. The third-order valence-corrected chi connectivity index (χ3v) is 32.1. The number of aromatic amines is 1. The molecule has 147 heavy (non-hydrogen) atoms. The Morgan fingerprint density at radius 2 is 0.959 bits per heavy atom. The lowest BCUT2D eigenvalue weighted by molar-refractivity contribution is -0.156. The van der Waals surface area contributed by atoms with Gasteiger partial charge in [0, 0.05) is 178 Å². The number of imidazole rings is 1. The van der Waals surface area contributed by atoms with Crippen LogP contribution in [0.15, 0.2) is 130 Å². The number of rotatable bonds is 31. The highest BCUT2D eigenvalue weighted by atomic mass is 31.2. The van der Waals surface area contributed by atoms with E-state index in [2.05, 4.69) is 269 Å². The van der Waals surface area contributed by atoms with E-state index in [0.717, 1.165) is 29.0 Å². The highest BCUT2D eigenvalue weighted by Crippen LogP contribution is 2.56. The van der Waals surface area contributed by atoms with E-state index in [0.29, 0.717) is 28.2 Å². The minimum atomic E-state index is -5.45. The molecule has 2 fully saturated rings. The Kier molecular flexibility index (Phi) is 42.0. The molecule has 2 aliphatic rings. The summed E-state index contributed by atoms with van der Waals surface area (Å²) in [5.41, 5.74) is -3.90. The second kappa shape index (κ2) is 55.1. The first-order valence-electron chi connectivity index (χ1n) is 44.3. The zero-order chi connectivity index (χ0) is 106. The number of ether oxygens (including phenoxy) is 8. The molecule has 0 bridgehead atoms. The van der Waals surface area contributed by atoms with Gasteiger partial charge in [0.25, 0.3) is 17.0 Å². The van der Waals surface area contributed by atoms with Crippen molar-refractivity contribution >= 4 is 65.1 Å². The Morgan fingerprint density at radius 1 is 0.537 bits per heavy atom. The number of aromatic nitrogens is 6. The predicted octanol–water partition coefficient (Wildman–Crippen LogP) is 10.8. The van der Waals surface area contributed by atoms with Crippen LogP contribution in [0, 0.1) is 274 Å². The van der Waals surface area contributed by atoms with Crippen LogP contribution in [0.5, 0.6) is 23.0 Å². The third-order valence-electron chi connectivity index (χ3n) is 21.7. The van der Waals surface area contributed by atoms with E-state index >= 15 is 14.2 Å². The van der Waals surface area contributed by atoms with Gasteiger partial charge in [-0.1, -0.05) is 110 Å². The lowest BCUT2D eigenvalue weighted by Gasteiger charge is -2.41. The SMILES string of the molecule is [C-]#[N+]CCOP(=O)(OC[C@H]1O[C@@H](n2ccc(=O)n(C(=O)c3cc(OC#CC#CC#CC#CC#CC#CC#CC#CC#CC#CC#C)cc(OC#CC#CC#CC#CC#CC#CC#CC#CC#CC#CC#C)c3)c2=O)[C@@H](O[Si](C)(C)C(C)(C)C)C1OC(=O)CCC(C)=O)OC1[C@@H](COC(c2ccccc2)(c2ccc(OC)cc2)c2ccc(OC)cc2)O[C@@H](n2cnc3c(=O)[nH]c(NC(=O)C(C)C)nc32)[C@H]1O[Si](C)(C)C(C)(C)C. The molecule has 4 aromatic carbocycles. The van der Waals surface area contributed by atoms with Gasteiger partial charge >= 0.3 is 19.5 Å². The summed E-state index contributed by atoms with van der Waals surface area (Å²) in [5.74, 6) is 94.6. The fraction of sp³-hybridized carbons (Fsp3) is 0.287. The van der Waals surface area contributed by atoms with E-state index in [1.54, 1.807) is 38.1 Å². The fourth-order valence-corrected chi connectivity index (χ4v) is 16.6. The van der Waals surface area contributed by atoms with Crippen molar-refractivity contribution in [2.75, 3.05) is 45.9 Å². The molecule has 2 saturated heterocycles. The molecule has 728 valence electrons. The number of nitrogens with one attached hydrogen (secondary N) is 2. The molecule has 9 rings (SSSR count). The van der Waals surface area contributed by atoms with Gasteiger partial charge in [-0.25, -0.2) is 20.9 Å². The van der Waals surface area contributed by atoms with Gasteiger partial charge in [0.15, 0.2) is 46.4 Å². The Morgan fingerprint density at radius 3 is 1.38 bits per heavy atom. The molecule has 0 aliphatic carbocycles. The molecule has 7 aromatic rings. The zero-order valence-electron chi connectivity index (χ0n) is 82.3. The van der Waals surface area contributed by atoms with E-state index in [1.807, 2.05) is 122 Å². The van der Waals surface area contributed by atoms with Crippen molar-refractivity contribution in [3.8, 4) is 285 Å². The minimum Gasteiger partial charge on any atom is -0.497 e. The number of terminal acetylenes is 2. The zero-order valence-corrected chi connectivity index (χ0v) is 85.2. The van der Waals surface area contributed by atoms with Crippen LogP contribution in [0.1, 0.15) is 115 Å². The molecule has 1 amide bonds. The number of anilines is 1. The molecular weight excluding hydrogens is 1920 g/mol. The van der Waals surface area contributed by atoms with Gasteiger partial charge in [0.2, 0.25) is 18.4 Å². The highest BCUT2D eigenvalue weighted by molar-refractivity contribution is 7.48. The van der Waals surface area contributed by atoms with E-state index < -0.39 is 174 Å². The summed E-state index contributed by atoms with van der Waals surface area (Å²) in [7, 11) is -8.95. The Hall–Kier alpha value is -18.5. The maximum absolute atomic E-state index is 16.9. The van der Waals surface area contributed by atoms with Crippen LogP contribution in [0.3, 0.4) is 0 Å². The van der Waals surface area contributed by atoms with Crippen molar-refractivity contribution in [3.05, 3.63) is 181 Å². The smallest absolute Gasteiger partial charge is 0.475 e. The van der Waals surface area contributed by atoms with Gasteiger partial charge in [-0.15, -0.1) is 12.8 Å². The molecule has 0 radical (unpaired) electrons. The van der Waals surface area contributed by atoms with E-state index in [1.165, 1.54) is 38.1 Å². The van der Waals surface area contributed by atoms with Crippen LogP contribution in [-0.4, -0.2) is 146 Å². The Balaban J connectivity index is 1.15. The summed E-state index contributed by atoms with van der Waals surface area (Å²) in [4.78, 5) is 116. The number of hydrogen-bond donors (Lipinski definition) is 2. The number of Topliss-reactive ketones (excluding diaryl/α,β-unsaturated/α-hetero) is 1. The van der Waals surface area contributed by atoms with Crippen molar-refractivity contribution < 1.29 is 84.1 Å². The average Bonchev–Trinajstić information content (AvgIpc) is 1.72. The van der Waals surface area contributed by atoms with Crippen molar-refractivity contribution in [1.82, 2.24) is 28.7 Å². The van der Waals surface area contributed by atoms with Crippen LogP contribution in [0.4, 0.5) is 5.95 Å². The highest BCUT2D eigenvalue weighted by Gasteiger charge is 2.58. The number of esters is 1. The third kappa shape index (κ3) is 32.8. The number of ketones is 1. The van der Waals surface area contributed by atoms with Crippen LogP contribution in [0.25, 0.3) is 16.0 Å². The van der Waals surface area contributed by atoms with E-state index in [4.69, 9.17) is 84.7 Å². The topological polar surface area (TPSA) is 329 Å². The van der Waals surface area contributed by atoms with E-state index in [9.17, 15) is 24.0 Å². The molecule has 2 N–H and O–H groups in total. The first kappa shape index (κ1) is 112. The fourth-order valence-electron chi connectivity index (χ4n) is 12.7. The number of amides is 1. The average molecular weight is 2010 g/mol. The number of H-pyrrole nitrogens is 1. The number of hydrogen-bond acceptors (Lipinski definition) is 23. The molecule has 9 atom stereocenters. The predicted molar refractivity (Wildman–Crippen MR) is 553 cm³/mol. The second-order valence-electron chi connectivity index (χ2n) is 33.8. The first-order chi connectivity index (χ1) is 70.5. The quantitative estimate of drug-likeness (QED) is 0.00775. The maximum Gasteiger partial charge on any atom is 0.475 e. The van der Waals surface area contributed by atoms with E-state index in [-0.39, 0.29) is 39.6 Å². The summed E-state index contributed by atoms with van der Waals surface area (Å²) in [6, 6.07) is 28.0. The van der Waals surface area contributed by atoms with Crippen LogP contribution in [0.2, 0.25) is 36.3 Å². The monoisotopic (exact) mass is 2000 g/mol. The Labute approximate surface area is 856 Å². The largest absolute Gasteiger partial charge is 0.497 e. The van der Waals surface area contributed by atoms with Crippen molar-refractivity contribution in [3.63, 3.8) is 0 Å². The van der Waals surface area contributed by atoms with Gasteiger partial charge in [-0.2, -0.15) is 9.55 Å². The molecule has 0 spiro atoms. The lowest BCUT2D eigenvalue weighted by atomic mass is 9.80. The van der Waals surface area contributed by atoms with Gasteiger partial charge in [-0.05, 0) is 191 Å². The molecule has 3 aromatic heterocycles. The molecule has 5 heterocycles. The van der Waals surface area contributed by atoms with Crippen LogP contribution in [-0.2, 0) is 65.9 Å². The normalized spacial score (nSPS) is 15.4. The van der Waals surface area contributed by atoms with Crippen LogP contribution >= 0.6 is 7.82 Å². The molecule has 29 nitrogen and oxygen atoms in total. The minimum absolute atomic E-state index is 0.111. The number of benzene rings is 4. The number of fused-ring (bicyclic) bond motifs is 1. The lowest BCUT2D eigenvalue weighted by Crippen LogP contribution is -2.51. The van der Waals surface area contributed by atoms with Gasteiger partial charge in [-0.3, -0.25) is 57.0 Å². The summed E-state index contributed by atoms with van der Waals surface area (Å²) >= 11 is 0. The number of nitrogens with zero attached hydrogens (tertiary/aromatic N) is 6. The Bertz CT molecular complexity index is 7840. The van der Waals surface area contributed by atoms with Gasteiger partial charge in [0.1, 0.15) is 83.7 Å². The first-order valence-corrected chi connectivity index (χ1v) is 51.6. The molecule has 32 heteroatoms. The summed E-state index contributed by atoms with van der Waals surface area (Å²) in [6.45, 7) is 29.1.